The molecule has 0 fully saturated rings. The summed E-state index contributed by atoms with van der Waals surface area (Å²) < 4.78 is 1.03. The molecule has 3 aromatic carbocycles. The molecular formula is C22H19BrN2O. The first-order valence-electron chi connectivity index (χ1n) is 8.68. The van der Waals surface area contributed by atoms with Crippen LogP contribution in [0.1, 0.15) is 27.7 Å². The Labute approximate surface area is 161 Å². The Balaban J connectivity index is 1.66. The molecule has 3 nitrogen and oxygen atoms in total. The summed E-state index contributed by atoms with van der Waals surface area (Å²) in [7, 11) is 0. The standard InChI is InChI=1S/C22H19BrN2O/c23-18-12-10-17(11-13-18)21-24-20-9-5-4-8-19(20)22(26)25(21)15-14-16-6-2-1-3-7-16/h1-13,21,24H,14-15H2. The maximum Gasteiger partial charge on any atom is 0.257 e. The molecule has 0 saturated carbocycles. The molecule has 4 heteroatoms. The van der Waals surface area contributed by atoms with Gasteiger partial charge in [0, 0.05) is 16.7 Å². The van der Waals surface area contributed by atoms with Crippen LogP contribution in [0.5, 0.6) is 0 Å². The predicted octanol–water partition coefficient (Wildman–Crippen LogP) is 5.26. The first-order chi connectivity index (χ1) is 12.7. The van der Waals surface area contributed by atoms with Crippen molar-refractivity contribution in [2.24, 2.45) is 0 Å². The number of rotatable bonds is 4. The van der Waals surface area contributed by atoms with Crippen molar-refractivity contribution in [3.63, 3.8) is 0 Å². The van der Waals surface area contributed by atoms with Crippen LogP contribution >= 0.6 is 15.9 Å². The summed E-state index contributed by atoms with van der Waals surface area (Å²) in [4.78, 5) is 15.1. The van der Waals surface area contributed by atoms with Crippen LogP contribution in [-0.4, -0.2) is 17.4 Å². The molecule has 3 aromatic rings. The van der Waals surface area contributed by atoms with Gasteiger partial charge in [-0.3, -0.25) is 4.79 Å². The summed E-state index contributed by atoms with van der Waals surface area (Å²) in [6.07, 6.45) is 0.651. The number of para-hydroxylation sites is 1. The maximum absolute atomic E-state index is 13.2. The molecule has 1 aliphatic rings. The Morgan fingerprint density at radius 2 is 1.58 bits per heavy atom. The number of fused-ring (bicyclic) bond motifs is 1. The second-order valence-corrected chi connectivity index (χ2v) is 7.29. The molecule has 1 aliphatic heterocycles. The van der Waals surface area contributed by atoms with E-state index < -0.39 is 0 Å². The summed E-state index contributed by atoms with van der Waals surface area (Å²) in [5.74, 6) is 0.0724. The average molecular weight is 407 g/mol. The summed E-state index contributed by atoms with van der Waals surface area (Å²) >= 11 is 3.48. The third-order valence-electron chi connectivity index (χ3n) is 4.69. The second kappa shape index (κ2) is 7.34. The van der Waals surface area contributed by atoms with Gasteiger partial charge < -0.3 is 10.2 Å². The molecule has 1 heterocycles. The van der Waals surface area contributed by atoms with E-state index in [0.29, 0.717) is 6.54 Å². The third kappa shape index (κ3) is 3.37. The van der Waals surface area contributed by atoms with E-state index in [-0.39, 0.29) is 12.1 Å². The van der Waals surface area contributed by atoms with Crippen molar-refractivity contribution in [1.29, 1.82) is 0 Å². The number of carbonyl (C=O) groups excluding carboxylic acids is 1. The molecule has 0 saturated heterocycles. The number of carbonyl (C=O) groups is 1. The molecule has 1 amide bonds. The number of benzene rings is 3. The van der Waals surface area contributed by atoms with Crippen LogP contribution in [0.3, 0.4) is 0 Å². The molecule has 0 aliphatic carbocycles. The monoisotopic (exact) mass is 406 g/mol. The summed E-state index contributed by atoms with van der Waals surface area (Å²) in [6, 6.07) is 26.1. The Bertz CT molecular complexity index is 909. The van der Waals surface area contributed by atoms with Crippen LogP contribution in [0, 0.1) is 0 Å². The largest absolute Gasteiger partial charge is 0.361 e. The summed E-state index contributed by atoms with van der Waals surface area (Å²) in [5.41, 5.74) is 3.92. The van der Waals surface area contributed by atoms with Crippen molar-refractivity contribution >= 4 is 27.5 Å². The summed E-state index contributed by atoms with van der Waals surface area (Å²) in [5, 5.41) is 3.54. The van der Waals surface area contributed by atoms with Gasteiger partial charge in [-0.2, -0.15) is 0 Å². The van der Waals surface area contributed by atoms with Crippen molar-refractivity contribution in [1.82, 2.24) is 4.90 Å². The second-order valence-electron chi connectivity index (χ2n) is 6.38. The highest BCUT2D eigenvalue weighted by atomic mass is 79.9. The molecule has 130 valence electrons. The first-order valence-corrected chi connectivity index (χ1v) is 9.47. The Morgan fingerprint density at radius 3 is 2.35 bits per heavy atom. The highest BCUT2D eigenvalue weighted by Gasteiger charge is 2.32. The van der Waals surface area contributed by atoms with Crippen molar-refractivity contribution in [3.8, 4) is 0 Å². The molecule has 0 spiro atoms. The molecule has 26 heavy (non-hydrogen) atoms. The fourth-order valence-corrected chi connectivity index (χ4v) is 3.59. The van der Waals surface area contributed by atoms with Crippen LogP contribution in [0.25, 0.3) is 0 Å². The third-order valence-corrected chi connectivity index (χ3v) is 5.22. The number of hydrogen-bond donors (Lipinski definition) is 1. The fraction of sp³-hybridized carbons (Fsp3) is 0.136. The first kappa shape index (κ1) is 16.9. The number of hydrogen-bond acceptors (Lipinski definition) is 2. The van der Waals surface area contributed by atoms with Gasteiger partial charge in [-0.1, -0.05) is 70.5 Å². The van der Waals surface area contributed by atoms with E-state index in [0.717, 1.165) is 27.7 Å². The lowest BCUT2D eigenvalue weighted by Gasteiger charge is -2.38. The SMILES string of the molecule is O=C1c2ccccc2NC(c2ccc(Br)cc2)N1CCc1ccccc1. The van der Waals surface area contributed by atoms with E-state index in [9.17, 15) is 4.79 Å². The Morgan fingerprint density at radius 1 is 0.885 bits per heavy atom. The van der Waals surface area contributed by atoms with Gasteiger partial charge in [-0.15, -0.1) is 0 Å². The van der Waals surface area contributed by atoms with Crippen LogP contribution < -0.4 is 5.32 Å². The maximum atomic E-state index is 13.2. The summed E-state index contributed by atoms with van der Waals surface area (Å²) in [6.45, 7) is 0.658. The van der Waals surface area contributed by atoms with Crippen molar-refractivity contribution in [2.75, 3.05) is 11.9 Å². The highest BCUT2D eigenvalue weighted by molar-refractivity contribution is 9.10. The molecule has 1 unspecified atom stereocenters. The van der Waals surface area contributed by atoms with E-state index in [1.54, 1.807) is 0 Å². The topological polar surface area (TPSA) is 32.3 Å². The number of amides is 1. The quantitative estimate of drug-likeness (QED) is 0.640. The lowest BCUT2D eigenvalue weighted by atomic mass is 10.0. The molecule has 4 rings (SSSR count). The van der Waals surface area contributed by atoms with E-state index in [1.807, 2.05) is 59.5 Å². The van der Waals surface area contributed by atoms with Gasteiger partial charge >= 0.3 is 0 Å². The normalized spacial score (nSPS) is 16.1. The van der Waals surface area contributed by atoms with Gasteiger partial charge in [-0.05, 0) is 41.8 Å². The number of nitrogens with one attached hydrogen (secondary N) is 1. The van der Waals surface area contributed by atoms with Crippen molar-refractivity contribution in [3.05, 3.63) is 100 Å². The number of anilines is 1. The molecular weight excluding hydrogens is 388 g/mol. The molecule has 1 N–H and O–H groups in total. The molecule has 0 radical (unpaired) electrons. The average Bonchev–Trinajstić information content (AvgIpc) is 2.69. The Hall–Kier alpha value is -2.59. The van der Waals surface area contributed by atoms with Crippen LogP contribution in [0.2, 0.25) is 0 Å². The van der Waals surface area contributed by atoms with Crippen LogP contribution in [-0.2, 0) is 6.42 Å². The Kier molecular flexibility index (Phi) is 4.76. The number of nitrogens with zero attached hydrogens (tertiary/aromatic N) is 1. The van der Waals surface area contributed by atoms with Gasteiger partial charge in [0.15, 0.2) is 0 Å². The van der Waals surface area contributed by atoms with Gasteiger partial charge in [0.1, 0.15) is 6.17 Å². The zero-order valence-corrected chi connectivity index (χ0v) is 15.8. The smallest absolute Gasteiger partial charge is 0.257 e. The zero-order valence-electron chi connectivity index (χ0n) is 14.2. The lowest BCUT2D eigenvalue weighted by molar-refractivity contribution is 0.0685. The van der Waals surface area contributed by atoms with Gasteiger partial charge in [0.25, 0.3) is 5.91 Å². The minimum atomic E-state index is -0.172. The minimum absolute atomic E-state index is 0.0724. The predicted molar refractivity (Wildman–Crippen MR) is 108 cm³/mol. The van der Waals surface area contributed by atoms with Crippen molar-refractivity contribution < 1.29 is 4.79 Å². The van der Waals surface area contributed by atoms with Gasteiger partial charge in [0.2, 0.25) is 0 Å². The molecule has 1 atom stereocenters. The van der Waals surface area contributed by atoms with E-state index in [4.69, 9.17) is 0 Å². The van der Waals surface area contributed by atoms with Gasteiger partial charge in [-0.25, -0.2) is 0 Å². The minimum Gasteiger partial charge on any atom is -0.361 e. The highest BCUT2D eigenvalue weighted by Crippen LogP contribution is 2.33. The van der Waals surface area contributed by atoms with Crippen LogP contribution in [0.4, 0.5) is 5.69 Å². The van der Waals surface area contributed by atoms with E-state index in [2.05, 4.69) is 45.5 Å². The van der Waals surface area contributed by atoms with Crippen LogP contribution in [0.15, 0.2) is 83.3 Å². The lowest BCUT2D eigenvalue weighted by Crippen LogP contribution is -2.43. The fourth-order valence-electron chi connectivity index (χ4n) is 3.33. The van der Waals surface area contributed by atoms with E-state index >= 15 is 0 Å². The molecule has 0 aromatic heterocycles. The van der Waals surface area contributed by atoms with E-state index in [1.165, 1.54) is 5.56 Å². The van der Waals surface area contributed by atoms with Crippen molar-refractivity contribution in [2.45, 2.75) is 12.6 Å². The zero-order chi connectivity index (χ0) is 17.9. The molecule has 0 bridgehead atoms. The number of halogens is 1. The van der Waals surface area contributed by atoms with Gasteiger partial charge in [0.05, 0.1) is 5.56 Å².